The molecule has 0 saturated carbocycles. The third-order valence-electron chi connectivity index (χ3n) is 4.06. The Bertz CT molecular complexity index is 646. The van der Waals surface area contributed by atoms with Gasteiger partial charge in [0.2, 0.25) is 5.91 Å². The molecular weight excluding hydrogens is 310 g/mol. The van der Waals surface area contributed by atoms with Gasteiger partial charge in [-0.05, 0) is 31.4 Å². The van der Waals surface area contributed by atoms with Crippen LogP contribution in [0.25, 0.3) is 0 Å². The third-order valence-corrected chi connectivity index (χ3v) is 4.06. The van der Waals surface area contributed by atoms with Gasteiger partial charge < -0.3 is 15.4 Å². The number of hydrogen-bond acceptors (Lipinski definition) is 4. The molecule has 24 heavy (non-hydrogen) atoms. The van der Waals surface area contributed by atoms with E-state index >= 15 is 0 Å². The fraction of sp³-hybridized carbons (Fsp3) is 0.471. The monoisotopic (exact) mass is 333 g/mol. The van der Waals surface area contributed by atoms with Crippen molar-refractivity contribution < 1.29 is 19.1 Å². The van der Waals surface area contributed by atoms with Gasteiger partial charge in [0.15, 0.2) is 0 Å². The minimum Gasteiger partial charge on any atom is -0.382 e. The number of urea groups is 1. The number of amides is 4. The summed E-state index contributed by atoms with van der Waals surface area (Å²) in [5, 5.41) is 5.30. The molecule has 0 spiro atoms. The van der Waals surface area contributed by atoms with Crippen molar-refractivity contribution in [1.29, 1.82) is 0 Å². The van der Waals surface area contributed by atoms with E-state index in [1.165, 1.54) is 7.11 Å². The molecule has 0 unspecified atom stereocenters. The molecule has 130 valence electrons. The molecule has 0 aliphatic carbocycles. The number of carbonyl (C=O) groups excluding carboxylic acids is 3. The SMILES string of the molecule is COC[C@]1(C)NC(=O)N(CC(=O)NCCc2ccccc2C)C1=O. The zero-order chi connectivity index (χ0) is 17.7. The molecule has 7 nitrogen and oxygen atoms in total. The number of nitrogens with zero attached hydrogens (tertiary/aromatic N) is 1. The number of rotatable bonds is 7. The van der Waals surface area contributed by atoms with E-state index in [-0.39, 0.29) is 19.1 Å². The Labute approximate surface area is 141 Å². The molecule has 1 heterocycles. The summed E-state index contributed by atoms with van der Waals surface area (Å²) < 4.78 is 4.96. The second kappa shape index (κ2) is 7.44. The van der Waals surface area contributed by atoms with Gasteiger partial charge in [0.1, 0.15) is 12.1 Å². The van der Waals surface area contributed by atoms with Gasteiger partial charge >= 0.3 is 6.03 Å². The van der Waals surface area contributed by atoms with E-state index in [0.29, 0.717) is 13.0 Å². The van der Waals surface area contributed by atoms with Crippen molar-refractivity contribution in [2.45, 2.75) is 25.8 Å². The van der Waals surface area contributed by atoms with E-state index in [1.807, 2.05) is 31.2 Å². The van der Waals surface area contributed by atoms with Gasteiger partial charge in [-0.25, -0.2) is 4.79 Å². The lowest BCUT2D eigenvalue weighted by Crippen LogP contribution is -2.48. The van der Waals surface area contributed by atoms with Crippen LogP contribution in [-0.4, -0.2) is 55.1 Å². The quantitative estimate of drug-likeness (QED) is 0.716. The number of carbonyl (C=O) groups is 3. The van der Waals surface area contributed by atoms with Crippen LogP contribution in [0.4, 0.5) is 4.79 Å². The topological polar surface area (TPSA) is 87.7 Å². The first-order chi connectivity index (χ1) is 11.4. The van der Waals surface area contributed by atoms with E-state index in [4.69, 9.17) is 4.74 Å². The van der Waals surface area contributed by atoms with Gasteiger partial charge in [-0.15, -0.1) is 0 Å². The lowest BCUT2D eigenvalue weighted by atomic mass is 10.0. The summed E-state index contributed by atoms with van der Waals surface area (Å²) in [5.41, 5.74) is 1.20. The molecule has 4 amide bonds. The van der Waals surface area contributed by atoms with E-state index in [0.717, 1.165) is 16.0 Å². The zero-order valence-corrected chi connectivity index (χ0v) is 14.2. The lowest BCUT2D eigenvalue weighted by molar-refractivity contribution is -0.135. The number of imide groups is 1. The Balaban J connectivity index is 1.85. The van der Waals surface area contributed by atoms with Crippen molar-refractivity contribution in [3.63, 3.8) is 0 Å². The highest BCUT2D eigenvalue weighted by Gasteiger charge is 2.48. The van der Waals surface area contributed by atoms with Crippen molar-refractivity contribution in [2.24, 2.45) is 0 Å². The van der Waals surface area contributed by atoms with Crippen LogP contribution in [0.15, 0.2) is 24.3 Å². The number of methoxy groups -OCH3 is 1. The van der Waals surface area contributed by atoms with Crippen LogP contribution in [-0.2, 0) is 20.7 Å². The average molecular weight is 333 g/mol. The summed E-state index contributed by atoms with van der Waals surface area (Å²) in [6, 6.07) is 7.37. The molecule has 1 fully saturated rings. The van der Waals surface area contributed by atoms with Crippen LogP contribution in [0.5, 0.6) is 0 Å². The van der Waals surface area contributed by atoms with Crippen molar-refractivity contribution >= 4 is 17.8 Å². The maximum atomic E-state index is 12.3. The molecule has 1 aliphatic rings. The van der Waals surface area contributed by atoms with E-state index in [1.54, 1.807) is 6.92 Å². The number of ether oxygens (including phenoxy) is 1. The maximum absolute atomic E-state index is 12.3. The molecule has 1 atom stereocenters. The van der Waals surface area contributed by atoms with Crippen LogP contribution in [0.2, 0.25) is 0 Å². The number of benzene rings is 1. The van der Waals surface area contributed by atoms with E-state index < -0.39 is 17.5 Å². The van der Waals surface area contributed by atoms with Crippen LogP contribution in [0, 0.1) is 6.92 Å². The Morgan fingerprint density at radius 2 is 2.04 bits per heavy atom. The van der Waals surface area contributed by atoms with Gasteiger partial charge in [-0.1, -0.05) is 24.3 Å². The van der Waals surface area contributed by atoms with Crippen molar-refractivity contribution in [2.75, 3.05) is 26.8 Å². The fourth-order valence-corrected chi connectivity index (χ4v) is 2.70. The molecule has 2 N–H and O–H groups in total. The highest BCUT2D eigenvalue weighted by atomic mass is 16.5. The summed E-state index contributed by atoms with van der Waals surface area (Å²) in [6.07, 6.45) is 0.694. The number of aryl methyl sites for hydroxylation is 1. The van der Waals surface area contributed by atoms with Gasteiger partial charge in [0.25, 0.3) is 5.91 Å². The van der Waals surface area contributed by atoms with Gasteiger partial charge in [-0.2, -0.15) is 0 Å². The molecule has 0 radical (unpaired) electrons. The Hall–Kier alpha value is -2.41. The molecular formula is C17H23N3O4. The van der Waals surface area contributed by atoms with Gasteiger partial charge in [0, 0.05) is 13.7 Å². The highest BCUT2D eigenvalue weighted by Crippen LogP contribution is 2.17. The first-order valence-electron chi connectivity index (χ1n) is 7.81. The van der Waals surface area contributed by atoms with Crippen molar-refractivity contribution in [1.82, 2.24) is 15.5 Å². The standard InChI is InChI=1S/C17H23N3O4/c1-12-6-4-5-7-13(12)8-9-18-14(21)10-20-15(22)17(2,11-24-3)19-16(20)23/h4-7H,8-11H2,1-3H3,(H,18,21)(H,19,23)/t17-/m0/s1. The van der Waals surface area contributed by atoms with Crippen LogP contribution in [0.3, 0.4) is 0 Å². The Kier molecular flexibility index (Phi) is 5.56. The predicted molar refractivity (Wildman–Crippen MR) is 88.4 cm³/mol. The minimum atomic E-state index is -1.12. The van der Waals surface area contributed by atoms with E-state index in [2.05, 4.69) is 10.6 Å². The van der Waals surface area contributed by atoms with Crippen molar-refractivity contribution in [3.05, 3.63) is 35.4 Å². The normalized spacial score (nSPS) is 20.2. The zero-order valence-electron chi connectivity index (χ0n) is 14.2. The molecule has 0 bridgehead atoms. The fourth-order valence-electron chi connectivity index (χ4n) is 2.70. The maximum Gasteiger partial charge on any atom is 0.325 e. The van der Waals surface area contributed by atoms with Crippen LogP contribution in [0.1, 0.15) is 18.1 Å². The van der Waals surface area contributed by atoms with Gasteiger partial charge in [0.05, 0.1) is 6.61 Å². The smallest absolute Gasteiger partial charge is 0.325 e. The third kappa shape index (κ3) is 3.91. The predicted octanol–water partition coefficient (Wildman–Crippen LogP) is 0.611. The summed E-state index contributed by atoms with van der Waals surface area (Å²) >= 11 is 0. The molecule has 1 saturated heterocycles. The second-order valence-corrected chi connectivity index (χ2v) is 6.11. The molecule has 1 aliphatic heterocycles. The van der Waals surface area contributed by atoms with Gasteiger partial charge in [-0.3, -0.25) is 14.5 Å². The van der Waals surface area contributed by atoms with Crippen LogP contribution >= 0.6 is 0 Å². The summed E-state index contributed by atoms with van der Waals surface area (Å²) in [5.74, 6) is -0.822. The minimum absolute atomic E-state index is 0.0585. The largest absolute Gasteiger partial charge is 0.382 e. The van der Waals surface area contributed by atoms with Crippen LogP contribution < -0.4 is 10.6 Å². The molecule has 1 aromatic carbocycles. The van der Waals surface area contributed by atoms with Crippen molar-refractivity contribution in [3.8, 4) is 0 Å². The summed E-state index contributed by atoms with van der Waals surface area (Å²) in [7, 11) is 1.45. The number of hydrogen-bond donors (Lipinski definition) is 2. The second-order valence-electron chi connectivity index (χ2n) is 6.11. The first-order valence-corrected chi connectivity index (χ1v) is 7.81. The Morgan fingerprint density at radius 1 is 1.33 bits per heavy atom. The molecule has 2 rings (SSSR count). The average Bonchev–Trinajstić information content (AvgIpc) is 2.73. The molecule has 7 heteroatoms. The molecule has 0 aromatic heterocycles. The first kappa shape index (κ1) is 17.9. The Morgan fingerprint density at radius 3 is 2.71 bits per heavy atom. The molecule has 1 aromatic rings. The summed E-state index contributed by atoms with van der Waals surface area (Å²) in [4.78, 5) is 37.1. The lowest BCUT2D eigenvalue weighted by Gasteiger charge is -2.20. The van der Waals surface area contributed by atoms with E-state index in [9.17, 15) is 14.4 Å². The highest BCUT2D eigenvalue weighted by molar-refractivity contribution is 6.08. The number of nitrogens with one attached hydrogen (secondary N) is 2. The summed E-state index contributed by atoms with van der Waals surface area (Å²) in [6.45, 7) is 3.80.